The van der Waals surface area contributed by atoms with Crippen LogP contribution in [0, 0.1) is 6.92 Å². The first-order chi connectivity index (χ1) is 8.26. The quantitative estimate of drug-likeness (QED) is 0.876. The van der Waals surface area contributed by atoms with Gasteiger partial charge in [0.25, 0.3) is 0 Å². The van der Waals surface area contributed by atoms with E-state index in [2.05, 4.69) is 37.3 Å². The Labute approximate surface area is 102 Å². The van der Waals surface area contributed by atoms with Crippen molar-refractivity contribution >= 4 is 0 Å². The van der Waals surface area contributed by atoms with Crippen molar-refractivity contribution in [1.29, 1.82) is 0 Å². The van der Waals surface area contributed by atoms with E-state index in [1.807, 2.05) is 16.8 Å². The van der Waals surface area contributed by atoms with E-state index in [0.29, 0.717) is 6.54 Å². The number of nitrogens with two attached hydrogens (primary N) is 1. The van der Waals surface area contributed by atoms with Gasteiger partial charge in [-0.1, -0.05) is 31.2 Å². The third-order valence-electron chi connectivity index (χ3n) is 2.93. The highest BCUT2D eigenvalue weighted by Crippen LogP contribution is 2.26. The van der Waals surface area contributed by atoms with Crippen molar-refractivity contribution in [3.63, 3.8) is 0 Å². The maximum atomic E-state index is 5.78. The Bertz CT molecular complexity index is 500. The highest BCUT2D eigenvalue weighted by Gasteiger charge is 2.09. The first-order valence-corrected chi connectivity index (χ1v) is 6.08. The summed E-state index contributed by atoms with van der Waals surface area (Å²) in [4.78, 5) is 0. The number of benzene rings is 1. The number of hydrogen-bond acceptors (Lipinski definition) is 2. The van der Waals surface area contributed by atoms with Crippen molar-refractivity contribution in [2.45, 2.75) is 33.4 Å². The fourth-order valence-electron chi connectivity index (χ4n) is 2.09. The number of aryl methyl sites for hydroxylation is 2. The summed E-state index contributed by atoms with van der Waals surface area (Å²) in [7, 11) is 0. The highest BCUT2D eigenvalue weighted by atomic mass is 15.3. The second kappa shape index (κ2) is 5.15. The van der Waals surface area contributed by atoms with Gasteiger partial charge < -0.3 is 5.73 Å². The zero-order valence-corrected chi connectivity index (χ0v) is 10.5. The zero-order valence-electron chi connectivity index (χ0n) is 10.5. The fraction of sp³-hybridized carbons (Fsp3) is 0.357. The predicted octanol–water partition coefficient (Wildman–Crippen LogP) is 2.73. The molecule has 17 heavy (non-hydrogen) atoms. The molecule has 90 valence electrons. The summed E-state index contributed by atoms with van der Waals surface area (Å²) in [6.45, 7) is 5.74. The van der Waals surface area contributed by atoms with Crippen LogP contribution < -0.4 is 5.73 Å². The molecule has 0 bridgehead atoms. The average Bonchev–Trinajstić information content (AvgIpc) is 2.70. The lowest BCUT2D eigenvalue weighted by atomic mass is 10.0. The lowest BCUT2D eigenvalue weighted by Gasteiger charge is -2.05. The van der Waals surface area contributed by atoms with Gasteiger partial charge in [-0.3, -0.25) is 4.68 Å². The maximum absolute atomic E-state index is 5.78. The monoisotopic (exact) mass is 229 g/mol. The van der Waals surface area contributed by atoms with Crippen molar-refractivity contribution < 1.29 is 0 Å². The molecule has 3 heteroatoms. The fourth-order valence-corrected chi connectivity index (χ4v) is 2.09. The molecule has 1 heterocycles. The maximum Gasteiger partial charge on any atom is 0.0672 e. The molecule has 0 aliphatic heterocycles. The van der Waals surface area contributed by atoms with Gasteiger partial charge in [0.2, 0.25) is 0 Å². The largest absolute Gasteiger partial charge is 0.326 e. The molecule has 2 aromatic rings. The standard InChI is InChI=1S/C14H19N3/c1-3-8-17-10-14(11(2)16-17)13-7-5-4-6-12(13)9-15/h4-7,10H,3,8-9,15H2,1-2H3. The van der Waals surface area contributed by atoms with Crippen molar-refractivity contribution in [3.8, 4) is 11.1 Å². The van der Waals surface area contributed by atoms with Gasteiger partial charge in [-0.2, -0.15) is 5.10 Å². The summed E-state index contributed by atoms with van der Waals surface area (Å²) >= 11 is 0. The predicted molar refractivity (Wildman–Crippen MR) is 70.6 cm³/mol. The number of aromatic nitrogens is 2. The Morgan fingerprint density at radius 3 is 2.71 bits per heavy atom. The SMILES string of the molecule is CCCn1cc(-c2ccccc2CN)c(C)n1. The molecule has 0 radical (unpaired) electrons. The van der Waals surface area contributed by atoms with E-state index in [9.17, 15) is 0 Å². The highest BCUT2D eigenvalue weighted by molar-refractivity contribution is 5.68. The minimum atomic E-state index is 0.564. The Balaban J connectivity index is 2.45. The average molecular weight is 229 g/mol. The molecule has 0 saturated carbocycles. The van der Waals surface area contributed by atoms with Gasteiger partial charge in [0.05, 0.1) is 5.69 Å². The van der Waals surface area contributed by atoms with Crippen molar-refractivity contribution in [2.75, 3.05) is 0 Å². The molecule has 0 atom stereocenters. The molecule has 0 spiro atoms. The molecule has 3 nitrogen and oxygen atoms in total. The van der Waals surface area contributed by atoms with Crippen molar-refractivity contribution in [2.24, 2.45) is 5.73 Å². The van der Waals surface area contributed by atoms with Crippen LogP contribution in [0.1, 0.15) is 24.6 Å². The van der Waals surface area contributed by atoms with Crippen LogP contribution in [-0.4, -0.2) is 9.78 Å². The van der Waals surface area contributed by atoms with E-state index in [4.69, 9.17) is 5.73 Å². The van der Waals surface area contributed by atoms with Gasteiger partial charge in [-0.15, -0.1) is 0 Å². The Morgan fingerprint density at radius 1 is 1.24 bits per heavy atom. The second-order valence-corrected chi connectivity index (χ2v) is 4.25. The third kappa shape index (κ3) is 2.39. The molecule has 1 aromatic carbocycles. The molecule has 0 amide bonds. The second-order valence-electron chi connectivity index (χ2n) is 4.25. The lowest BCUT2D eigenvalue weighted by Crippen LogP contribution is -1.98. The molecule has 0 unspecified atom stereocenters. The molecule has 0 aliphatic carbocycles. The van der Waals surface area contributed by atoms with Crippen molar-refractivity contribution in [3.05, 3.63) is 41.7 Å². The Morgan fingerprint density at radius 2 is 2.00 bits per heavy atom. The third-order valence-corrected chi connectivity index (χ3v) is 2.93. The van der Waals surface area contributed by atoms with Gasteiger partial charge >= 0.3 is 0 Å². The summed E-state index contributed by atoms with van der Waals surface area (Å²) in [5, 5.41) is 4.53. The normalized spacial score (nSPS) is 10.8. The summed E-state index contributed by atoms with van der Waals surface area (Å²) in [6.07, 6.45) is 3.21. The molecule has 2 N–H and O–H groups in total. The number of rotatable bonds is 4. The zero-order chi connectivity index (χ0) is 12.3. The molecule has 1 aromatic heterocycles. The van der Waals surface area contributed by atoms with E-state index in [0.717, 1.165) is 18.7 Å². The Hall–Kier alpha value is -1.61. The van der Waals surface area contributed by atoms with E-state index in [1.165, 1.54) is 16.7 Å². The van der Waals surface area contributed by atoms with Crippen LogP contribution in [0.3, 0.4) is 0 Å². The molecule has 0 saturated heterocycles. The van der Waals surface area contributed by atoms with E-state index in [1.54, 1.807) is 0 Å². The van der Waals surface area contributed by atoms with Gasteiger partial charge in [0, 0.05) is 24.8 Å². The first-order valence-electron chi connectivity index (χ1n) is 6.08. The van der Waals surface area contributed by atoms with Gasteiger partial charge in [-0.25, -0.2) is 0 Å². The van der Waals surface area contributed by atoms with Crippen LogP contribution in [0.4, 0.5) is 0 Å². The van der Waals surface area contributed by atoms with Crippen molar-refractivity contribution in [1.82, 2.24) is 9.78 Å². The molecule has 0 aliphatic rings. The van der Waals surface area contributed by atoms with Crippen LogP contribution in [0.5, 0.6) is 0 Å². The first kappa shape index (κ1) is 11.9. The summed E-state index contributed by atoms with van der Waals surface area (Å²) in [5.41, 5.74) is 10.4. The minimum absolute atomic E-state index is 0.564. The summed E-state index contributed by atoms with van der Waals surface area (Å²) in [6, 6.07) is 8.26. The molecular weight excluding hydrogens is 210 g/mol. The number of nitrogens with zero attached hydrogens (tertiary/aromatic N) is 2. The van der Waals surface area contributed by atoms with Crippen LogP contribution in [0.25, 0.3) is 11.1 Å². The van der Waals surface area contributed by atoms with E-state index >= 15 is 0 Å². The lowest BCUT2D eigenvalue weighted by molar-refractivity contribution is 0.598. The van der Waals surface area contributed by atoms with Gasteiger partial charge in [0.1, 0.15) is 0 Å². The van der Waals surface area contributed by atoms with E-state index < -0.39 is 0 Å². The molecule has 2 rings (SSSR count). The van der Waals surface area contributed by atoms with E-state index in [-0.39, 0.29) is 0 Å². The smallest absolute Gasteiger partial charge is 0.0672 e. The minimum Gasteiger partial charge on any atom is -0.326 e. The van der Waals surface area contributed by atoms with Crippen LogP contribution >= 0.6 is 0 Å². The van der Waals surface area contributed by atoms with Crippen LogP contribution in [0.2, 0.25) is 0 Å². The topological polar surface area (TPSA) is 43.8 Å². The van der Waals surface area contributed by atoms with Crippen LogP contribution in [0.15, 0.2) is 30.5 Å². The number of hydrogen-bond donors (Lipinski definition) is 1. The van der Waals surface area contributed by atoms with Gasteiger partial charge in [0.15, 0.2) is 0 Å². The van der Waals surface area contributed by atoms with Gasteiger partial charge in [-0.05, 0) is 24.5 Å². The Kier molecular flexibility index (Phi) is 3.59. The summed E-state index contributed by atoms with van der Waals surface area (Å²) in [5.74, 6) is 0. The molecular formula is C14H19N3. The van der Waals surface area contributed by atoms with Crippen LogP contribution in [-0.2, 0) is 13.1 Å². The molecule has 0 fully saturated rings. The summed E-state index contributed by atoms with van der Waals surface area (Å²) < 4.78 is 2.01.